The Hall–Kier alpha value is -0.610. The van der Waals surface area contributed by atoms with Crippen molar-refractivity contribution in [2.75, 3.05) is 0 Å². The molecule has 0 aromatic carbocycles. The number of nitrogens with zero attached hydrogens (tertiary/aromatic N) is 1. The average molecular weight is 198 g/mol. The van der Waals surface area contributed by atoms with Crippen molar-refractivity contribution in [1.82, 2.24) is 5.48 Å². The Labute approximate surface area is 84.0 Å². The molecule has 3 atom stereocenters. The smallest absolute Gasteiger partial charge is 0.0818 e. The minimum Gasteiger partial charge on any atom is -0.411 e. The molecule has 2 saturated carbocycles. The van der Waals surface area contributed by atoms with Crippen LogP contribution in [0.1, 0.15) is 33.6 Å². The average Bonchev–Trinajstić information content (AvgIpc) is 2.66. The molecule has 3 N–H and O–H groups in total. The summed E-state index contributed by atoms with van der Waals surface area (Å²) in [7, 11) is 0. The van der Waals surface area contributed by atoms with Gasteiger partial charge in [0, 0.05) is 0 Å². The molecular weight excluding hydrogens is 180 g/mol. The predicted molar refractivity (Wildman–Crippen MR) is 52.5 cm³/mol. The zero-order valence-corrected chi connectivity index (χ0v) is 8.91. The molecule has 0 bridgehead atoms. The van der Waals surface area contributed by atoms with Gasteiger partial charge in [-0.25, -0.2) is 0 Å². The third kappa shape index (κ3) is 1.10. The van der Waals surface area contributed by atoms with Crippen molar-refractivity contribution in [3.05, 3.63) is 0 Å². The topological polar surface area (TPSA) is 64.9 Å². The van der Waals surface area contributed by atoms with Crippen LogP contribution in [0.3, 0.4) is 0 Å². The zero-order valence-electron chi connectivity index (χ0n) is 8.91. The highest BCUT2D eigenvalue weighted by atomic mass is 16.5. The van der Waals surface area contributed by atoms with Crippen molar-refractivity contribution in [2.45, 2.75) is 39.2 Å². The Bertz CT molecular complexity index is 288. The lowest BCUT2D eigenvalue weighted by molar-refractivity contribution is 0.0902. The number of hydroxylamine groups is 1. The van der Waals surface area contributed by atoms with Gasteiger partial charge in [-0.05, 0) is 37.0 Å². The number of hydrogen-bond donors (Lipinski definition) is 3. The fourth-order valence-corrected chi connectivity index (χ4v) is 2.92. The normalized spacial score (nSPS) is 47.6. The van der Waals surface area contributed by atoms with Gasteiger partial charge in [0.05, 0.1) is 11.3 Å². The minimum atomic E-state index is -0.538. The van der Waals surface area contributed by atoms with Crippen LogP contribution in [0.5, 0.6) is 0 Å². The number of nitrogens with one attached hydrogen (secondary N) is 1. The molecule has 80 valence electrons. The van der Waals surface area contributed by atoms with Crippen LogP contribution in [0.15, 0.2) is 5.16 Å². The molecule has 4 nitrogen and oxygen atoms in total. The lowest BCUT2D eigenvalue weighted by Crippen LogP contribution is -2.50. The van der Waals surface area contributed by atoms with E-state index in [4.69, 9.17) is 10.4 Å². The second-order valence-electron chi connectivity index (χ2n) is 5.43. The summed E-state index contributed by atoms with van der Waals surface area (Å²) < 4.78 is 0. The lowest BCUT2D eigenvalue weighted by Gasteiger charge is -2.32. The van der Waals surface area contributed by atoms with Crippen LogP contribution in [-0.2, 0) is 0 Å². The van der Waals surface area contributed by atoms with E-state index in [-0.39, 0.29) is 0 Å². The Morgan fingerprint density at radius 2 is 2.00 bits per heavy atom. The third-order valence-electron chi connectivity index (χ3n) is 4.33. The Balaban J connectivity index is 2.23. The van der Waals surface area contributed by atoms with E-state index in [2.05, 4.69) is 24.5 Å². The second kappa shape index (κ2) is 2.70. The van der Waals surface area contributed by atoms with Crippen LogP contribution in [0.2, 0.25) is 0 Å². The maximum absolute atomic E-state index is 9.12. The van der Waals surface area contributed by atoms with E-state index in [0.29, 0.717) is 23.0 Å². The molecule has 0 unspecified atom stereocenters. The van der Waals surface area contributed by atoms with E-state index in [0.717, 1.165) is 12.8 Å². The van der Waals surface area contributed by atoms with Gasteiger partial charge >= 0.3 is 0 Å². The maximum Gasteiger partial charge on any atom is 0.0818 e. The van der Waals surface area contributed by atoms with Crippen molar-refractivity contribution < 1.29 is 10.4 Å². The van der Waals surface area contributed by atoms with E-state index < -0.39 is 5.54 Å². The maximum atomic E-state index is 9.12. The molecule has 0 spiro atoms. The molecule has 2 fully saturated rings. The van der Waals surface area contributed by atoms with E-state index in [1.807, 2.05) is 6.92 Å². The highest BCUT2D eigenvalue weighted by Crippen LogP contribution is 2.65. The minimum absolute atomic E-state index is 0.338. The SMILES string of the molecule is CC1(C)[C@H]2C/C(=N/O)[C@@](C)(NO)C[C@@H]21. The Morgan fingerprint density at radius 1 is 1.36 bits per heavy atom. The van der Waals surface area contributed by atoms with Crippen molar-refractivity contribution in [3.8, 4) is 0 Å². The molecule has 4 heteroatoms. The van der Waals surface area contributed by atoms with Crippen molar-refractivity contribution in [1.29, 1.82) is 0 Å². The summed E-state index contributed by atoms with van der Waals surface area (Å²) in [6.07, 6.45) is 1.64. The van der Waals surface area contributed by atoms with Crippen molar-refractivity contribution in [2.24, 2.45) is 22.4 Å². The number of oxime groups is 1. The third-order valence-corrected chi connectivity index (χ3v) is 4.33. The van der Waals surface area contributed by atoms with Crippen LogP contribution < -0.4 is 5.48 Å². The van der Waals surface area contributed by atoms with Crippen LogP contribution in [-0.4, -0.2) is 21.7 Å². The van der Waals surface area contributed by atoms with Crippen LogP contribution in [0.4, 0.5) is 0 Å². The van der Waals surface area contributed by atoms with Crippen molar-refractivity contribution >= 4 is 5.71 Å². The van der Waals surface area contributed by atoms with Gasteiger partial charge in [-0.15, -0.1) is 0 Å². The first-order valence-corrected chi connectivity index (χ1v) is 5.08. The fraction of sp³-hybridized carbons (Fsp3) is 0.900. The number of hydrogen-bond acceptors (Lipinski definition) is 4. The number of fused-ring (bicyclic) bond motifs is 1. The first-order valence-electron chi connectivity index (χ1n) is 5.08. The summed E-state index contributed by atoms with van der Waals surface area (Å²) >= 11 is 0. The van der Waals surface area contributed by atoms with Crippen molar-refractivity contribution in [3.63, 3.8) is 0 Å². The summed E-state index contributed by atoms with van der Waals surface area (Å²) in [6, 6.07) is 0. The molecule has 14 heavy (non-hydrogen) atoms. The van der Waals surface area contributed by atoms with Gasteiger partial charge in [0.2, 0.25) is 0 Å². The number of rotatable bonds is 1. The van der Waals surface area contributed by atoms with Crippen LogP contribution in [0, 0.1) is 17.3 Å². The Kier molecular flexibility index (Phi) is 1.92. The van der Waals surface area contributed by atoms with E-state index >= 15 is 0 Å². The van der Waals surface area contributed by atoms with Gasteiger partial charge in [0.25, 0.3) is 0 Å². The van der Waals surface area contributed by atoms with Gasteiger partial charge in [0.1, 0.15) is 0 Å². The summed E-state index contributed by atoms with van der Waals surface area (Å²) in [6.45, 7) is 6.35. The van der Waals surface area contributed by atoms with E-state index in [9.17, 15) is 0 Å². The standard InChI is InChI=1S/C10H18N2O2/c1-9(2)6-4-8(11-13)10(3,12-14)5-7(6)9/h6-7,12-14H,4-5H2,1-3H3/b11-8-/t6-,7-,10-/m0/s1. The fourth-order valence-electron chi connectivity index (χ4n) is 2.92. The molecule has 0 amide bonds. The molecule has 0 saturated heterocycles. The quantitative estimate of drug-likeness (QED) is 0.443. The van der Waals surface area contributed by atoms with Gasteiger partial charge in [-0.3, -0.25) is 0 Å². The zero-order chi connectivity index (χ0) is 10.6. The highest BCUT2D eigenvalue weighted by Gasteiger charge is 2.63. The van der Waals surface area contributed by atoms with Gasteiger partial charge in [-0.1, -0.05) is 19.0 Å². The van der Waals surface area contributed by atoms with Crippen LogP contribution >= 0.6 is 0 Å². The highest BCUT2D eigenvalue weighted by molar-refractivity contribution is 5.94. The monoisotopic (exact) mass is 198 g/mol. The van der Waals surface area contributed by atoms with E-state index in [1.54, 1.807) is 0 Å². The van der Waals surface area contributed by atoms with E-state index in [1.165, 1.54) is 0 Å². The molecular formula is C10H18N2O2. The van der Waals surface area contributed by atoms with Crippen LogP contribution in [0.25, 0.3) is 0 Å². The molecule has 0 radical (unpaired) electrons. The molecule has 2 rings (SSSR count). The van der Waals surface area contributed by atoms with Gasteiger partial charge < -0.3 is 10.4 Å². The molecule has 2 aliphatic carbocycles. The largest absolute Gasteiger partial charge is 0.411 e. The summed E-state index contributed by atoms with van der Waals surface area (Å²) in [5, 5.41) is 21.3. The summed E-state index contributed by atoms with van der Waals surface area (Å²) in [5.74, 6) is 1.26. The summed E-state index contributed by atoms with van der Waals surface area (Å²) in [5.41, 5.74) is 2.76. The first kappa shape index (κ1) is 9.93. The van der Waals surface area contributed by atoms with Gasteiger partial charge in [-0.2, -0.15) is 5.48 Å². The lowest BCUT2D eigenvalue weighted by atomic mass is 9.82. The Morgan fingerprint density at radius 3 is 2.50 bits per heavy atom. The molecule has 0 heterocycles. The first-order chi connectivity index (χ1) is 6.45. The molecule has 0 aliphatic heterocycles. The predicted octanol–water partition coefficient (Wildman–Crippen LogP) is 1.62. The second-order valence-corrected chi connectivity index (χ2v) is 5.43. The molecule has 0 aromatic heterocycles. The molecule has 2 aliphatic rings. The van der Waals surface area contributed by atoms with Gasteiger partial charge in [0.15, 0.2) is 0 Å². The molecule has 0 aromatic rings. The summed E-state index contributed by atoms with van der Waals surface area (Å²) in [4.78, 5) is 0.